The van der Waals surface area contributed by atoms with Crippen molar-refractivity contribution in [3.8, 4) is 0 Å². The Morgan fingerprint density at radius 3 is 2.11 bits per heavy atom. The monoisotopic (exact) mass is 917 g/mol. The number of phosphoric ester groups is 1. The molecule has 0 aromatic rings. The number of hydrogen-bond donors (Lipinski definition) is 4. The van der Waals surface area contributed by atoms with Crippen LogP contribution in [0.4, 0.5) is 0 Å². The molecule has 0 radical (unpaired) electrons. The summed E-state index contributed by atoms with van der Waals surface area (Å²) in [6, 6.07) is -0.608. The van der Waals surface area contributed by atoms with E-state index in [1.165, 1.54) is 57.9 Å². The van der Waals surface area contributed by atoms with Crippen LogP contribution in [0.2, 0.25) is 0 Å². The maximum Gasteiger partial charge on any atom is 0.472 e. The zero-order valence-corrected chi connectivity index (χ0v) is 38.9. The first-order valence-corrected chi connectivity index (χ1v) is 25.1. The molecule has 5 N–H and O–H groups in total. The van der Waals surface area contributed by atoms with Gasteiger partial charge in [-0.15, -0.1) is 0 Å². The van der Waals surface area contributed by atoms with Crippen molar-refractivity contribution in [3.05, 3.63) is 12.2 Å². The number of nitrogens with two attached hydrogens (primary N) is 1. The molecule has 2 saturated heterocycles. The summed E-state index contributed by atoms with van der Waals surface area (Å²) in [4.78, 5) is 33.8. The van der Waals surface area contributed by atoms with Crippen LogP contribution in [0.15, 0.2) is 12.2 Å². The Bertz CT molecular complexity index is 1420. The number of aliphatic hydroxyl groups is 1. The minimum Gasteiger partial charge on any atom is -0.462 e. The molecule has 2 fully saturated rings. The summed E-state index contributed by atoms with van der Waals surface area (Å²) in [5.74, 6) is -1.89. The number of nitrogens with zero attached hydrogens (tertiary/aromatic N) is 1. The Balaban J connectivity index is 1.53. The smallest absolute Gasteiger partial charge is 0.462 e. The fourth-order valence-electron chi connectivity index (χ4n) is 7.10. The number of unbranched alkanes of at least 4 members (excludes halogenated alkanes) is 14. The number of hydrogen-bond acceptors (Lipinski definition) is 15. The first kappa shape index (κ1) is 55.6. The van der Waals surface area contributed by atoms with Gasteiger partial charge in [-0.3, -0.25) is 18.4 Å². The number of esters is 2. The Morgan fingerprint density at radius 2 is 1.49 bits per heavy atom. The lowest BCUT2D eigenvalue weighted by Crippen LogP contribution is -2.41. The molecule has 0 aromatic heterocycles. The molecule has 0 saturated carbocycles. The quantitative estimate of drug-likeness (QED) is 0.0146. The predicted molar refractivity (Wildman–Crippen MR) is 227 cm³/mol. The van der Waals surface area contributed by atoms with E-state index >= 15 is 0 Å². The number of phosphoric acid groups is 1. The SMILES string of the molecule is CC(=O)OC[C@H](COP(=O)(O)OCC[N+](C)(C)C)OC(=O)/C=C/CCCCC[C@H]1O[C@]2(CCCCCCCCCCCCCCOC[C@@H](N)COS(=O)(=O)O)CC[C@@H](O)[C@H]1O2. The van der Waals surface area contributed by atoms with E-state index in [0.29, 0.717) is 36.9 Å². The van der Waals surface area contributed by atoms with E-state index in [-0.39, 0.29) is 38.6 Å². The van der Waals surface area contributed by atoms with Crippen molar-refractivity contribution in [2.45, 2.75) is 172 Å². The molecular formula is C41H78N2O16PS+. The average molecular weight is 918 g/mol. The fraction of sp³-hybridized carbons (Fsp3) is 0.902. The van der Waals surface area contributed by atoms with E-state index in [9.17, 15) is 32.6 Å². The molecule has 2 aliphatic heterocycles. The number of carbonyl (C=O) groups is 2. The molecule has 1 unspecified atom stereocenters. The van der Waals surface area contributed by atoms with Gasteiger partial charge in [0.05, 0.1) is 59.2 Å². The van der Waals surface area contributed by atoms with Crippen LogP contribution in [0, 0.1) is 0 Å². The third-order valence-corrected chi connectivity index (χ3v) is 11.9. The third-order valence-electron chi connectivity index (χ3n) is 10.5. The first-order valence-electron chi connectivity index (χ1n) is 22.2. The highest BCUT2D eigenvalue weighted by Crippen LogP contribution is 2.45. The molecular weight excluding hydrogens is 839 g/mol. The van der Waals surface area contributed by atoms with Gasteiger partial charge in [-0.25, -0.2) is 13.5 Å². The topological polar surface area (TPSA) is 246 Å². The summed E-state index contributed by atoms with van der Waals surface area (Å²) in [5.41, 5.74) is 5.69. The lowest BCUT2D eigenvalue weighted by molar-refractivity contribution is -0.870. The first-order chi connectivity index (χ1) is 28.8. The van der Waals surface area contributed by atoms with Gasteiger partial charge in [-0.2, -0.15) is 8.42 Å². The number of ether oxygens (including phenoxy) is 5. The van der Waals surface area contributed by atoms with Gasteiger partial charge in [0.1, 0.15) is 25.9 Å². The number of likely N-dealkylation sites (N-methyl/N-ethyl adjacent to an activating group) is 1. The summed E-state index contributed by atoms with van der Waals surface area (Å²) in [6.45, 7) is 1.25. The van der Waals surface area contributed by atoms with Crippen LogP contribution >= 0.6 is 7.82 Å². The zero-order valence-electron chi connectivity index (χ0n) is 37.2. The van der Waals surface area contributed by atoms with Crippen LogP contribution in [0.3, 0.4) is 0 Å². The second kappa shape index (κ2) is 29.8. The number of rotatable bonds is 37. The molecule has 2 rings (SSSR count). The molecule has 61 heavy (non-hydrogen) atoms. The highest BCUT2D eigenvalue weighted by Gasteiger charge is 2.52. The standard InChI is InChI=1S/C41H77N2O16PS/c1-34(44)53-32-36(33-55-60(47,48)54-29-27-43(2,3)4)57-39(46)23-19-15-13-14-18-22-38-40-37(45)24-26-41(58-38,59-40)25-20-16-11-9-7-5-6-8-10-12-17-21-28-52-30-35(42)31-56-61(49,50)51/h19,23,35-38,40,45H,5-18,20-22,24-33,42H2,1-4H3,(H-,47,48,49,50,51)/p+1/b23-19+/t35-,36-,37-,38-,40-,41+/m1/s1. The van der Waals surface area contributed by atoms with E-state index in [0.717, 1.165) is 64.2 Å². The Hall–Kier alpha value is -1.58. The van der Waals surface area contributed by atoms with E-state index in [1.807, 2.05) is 21.1 Å². The molecule has 7 atom stereocenters. The lowest BCUT2D eigenvalue weighted by atomic mass is 9.94. The van der Waals surface area contributed by atoms with Gasteiger partial charge in [-0.1, -0.05) is 83.1 Å². The minimum absolute atomic E-state index is 0.0157. The highest BCUT2D eigenvalue weighted by atomic mass is 32.3. The zero-order chi connectivity index (χ0) is 45.2. The molecule has 0 aliphatic carbocycles. The summed E-state index contributed by atoms with van der Waals surface area (Å²) >= 11 is 0. The summed E-state index contributed by atoms with van der Waals surface area (Å²) in [5, 5.41) is 10.7. The summed E-state index contributed by atoms with van der Waals surface area (Å²) in [7, 11) is -3.16. The average Bonchev–Trinajstić information content (AvgIpc) is 3.48. The van der Waals surface area contributed by atoms with Crippen molar-refractivity contribution >= 4 is 30.2 Å². The van der Waals surface area contributed by atoms with Gasteiger partial charge >= 0.3 is 30.2 Å². The molecule has 2 bridgehead atoms. The van der Waals surface area contributed by atoms with Crippen LogP contribution in [0.5, 0.6) is 0 Å². The second-order valence-electron chi connectivity index (χ2n) is 17.3. The van der Waals surface area contributed by atoms with Crippen LogP contribution in [-0.2, 0) is 61.5 Å². The predicted octanol–water partition coefficient (Wildman–Crippen LogP) is 5.68. The van der Waals surface area contributed by atoms with Crippen molar-refractivity contribution in [1.29, 1.82) is 0 Å². The Kier molecular flexibility index (Phi) is 27.1. The third kappa shape index (κ3) is 28.1. The Labute approximate surface area is 364 Å². The number of aliphatic hydroxyl groups excluding tert-OH is 1. The van der Waals surface area contributed by atoms with Crippen molar-refractivity contribution in [1.82, 2.24) is 0 Å². The molecule has 20 heteroatoms. The molecule has 358 valence electrons. The van der Waals surface area contributed by atoms with Crippen LogP contribution < -0.4 is 5.73 Å². The maximum atomic E-state index is 12.5. The van der Waals surface area contributed by atoms with Crippen molar-refractivity contribution in [2.75, 3.05) is 67.3 Å². The maximum absolute atomic E-state index is 12.5. The number of fused-ring (bicyclic) bond motifs is 2. The van der Waals surface area contributed by atoms with Crippen molar-refractivity contribution < 1.29 is 78.5 Å². The number of carbonyl (C=O) groups excluding carboxylic acids is 2. The molecule has 0 aromatic carbocycles. The van der Waals surface area contributed by atoms with Crippen LogP contribution in [0.25, 0.3) is 0 Å². The van der Waals surface area contributed by atoms with Gasteiger partial charge < -0.3 is 43.9 Å². The molecule has 0 spiro atoms. The highest BCUT2D eigenvalue weighted by molar-refractivity contribution is 7.80. The largest absolute Gasteiger partial charge is 0.472 e. The molecule has 2 aliphatic rings. The van der Waals surface area contributed by atoms with Gasteiger partial charge in [0.2, 0.25) is 0 Å². The van der Waals surface area contributed by atoms with Gasteiger partial charge in [0, 0.05) is 32.4 Å². The van der Waals surface area contributed by atoms with Crippen molar-refractivity contribution in [3.63, 3.8) is 0 Å². The van der Waals surface area contributed by atoms with Gasteiger partial charge in [-0.05, 0) is 38.5 Å². The van der Waals surface area contributed by atoms with E-state index < -0.39 is 60.8 Å². The normalized spacial score (nSPS) is 22.6. The van der Waals surface area contributed by atoms with E-state index in [2.05, 4.69) is 4.18 Å². The Morgan fingerprint density at radius 1 is 0.869 bits per heavy atom. The minimum atomic E-state index is -4.48. The van der Waals surface area contributed by atoms with Crippen LogP contribution in [0.1, 0.15) is 135 Å². The molecule has 0 amide bonds. The summed E-state index contributed by atoms with van der Waals surface area (Å²) < 4.78 is 85.3. The molecule has 18 nitrogen and oxygen atoms in total. The number of quaternary nitrogens is 1. The number of allylic oxidation sites excluding steroid dienone is 1. The lowest BCUT2D eigenvalue weighted by Gasteiger charge is -2.33. The van der Waals surface area contributed by atoms with Crippen LogP contribution in [-0.4, -0.2) is 143 Å². The molecule has 2 heterocycles. The fourth-order valence-corrected chi connectivity index (χ4v) is 8.19. The van der Waals surface area contributed by atoms with E-state index in [4.69, 9.17) is 43.0 Å². The van der Waals surface area contributed by atoms with E-state index in [1.54, 1.807) is 6.08 Å². The summed E-state index contributed by atoms with van der Waals surface area (Å²) in [6.07, 6.45) is 21.0. The van der Waals surface area contributed by atoms with Gasteiger partial charge in [0.25, 0.3) is 0 Å². The van der Waals surface area contributed by atoms with Crippen molar-refractivity contribution in [2.24, 2.45) is 5.73 Å². The second-order valence-corrected chi connectivity index (χ2v) is 19.9. The van der Waals surface area contributed by atoms with Gasteiger partial charge in [0.15, 0.2) is 11.9 Å².